The van der Waals surface area contributed by atoms with Gasteiger partial charge >= 0.3 is 0 Å². The molecule has 3 fully saturated rings. The van der Waals surface area contributed by atoms with E-state index in [1.807, 2.05) is 13.8 Å². The summed E-state index contributed by atoms with van der Waals surface area (Å²) < 4.78 is 26.1. The zero-order chi connectivity index (χ0) is 22.6. The van der Waals surface area contributed by atoms with Crippen molar-refractivity contribution in [1.29, 1.82) is 0 Å². The van der Waals surface area contributed by atoms with Gasteiger partial charge in [0.15, 0.2) is 5.17 Å². The third-order valence-electron chi connectivity index (χ3n) is 5.79. The zero-order valence-corrected chi connectivity index (χ0v) is 20.4. The molecule has 8 nitrogen and oxygen atoms in total. The first kappa shape index (κ1) is 22.6. The summed E-state index contributed by atoms with van der Waals surface area (Å²) >= 11 is 3.15. The van der Waals surface area contributed by atoms with Gasteiger partial charge in [-0.05, 0) is 31.5 Å². The molecule has 3 aliphatic heterocycles. The van der Waals surface area contributed by atoms with Gasteiger partial charge in [0.2, 0.25) is 15.9 Å². The molecular formula is C20H26N4O4S3. The van der Waals surface area contributed by atoms with Crippen molar-refractivity contribution in [2.45, 2.75) is 47.7 Å². The van der Waals surface area contributed by atoms with Gasteiger partial charge in [-0.1, -0.05) is 24.8 Å². The highest BCUT2D eigenvalue weighted by molar-refractivity contribution is 8.14. The van der Waals surface area contributed by atoms with Crippen LogP contribution in [-0.4, -0.2) is 82.1 Å². The van der Waals surface area contributed by atoms with Crippen LogP contribution in [0.3, 0.4) is 0 Å². The molecule has 1 aromatic rings. The van der Waals surface area contributed by atoms with E-state index in [1.54, 1.807) is 33.7 Å². The number of rotatable bonds is 4. The topological polar surface area (TPSA) is 90.4 Å². The molecule has 0 spiro atoms. The van der Waals surface area contributed by atoms with Gasteiger partial charge in [0, 0.05) is 38.1 Å². The average molecular weight is 483 g/mol. The van der Waals surface area contributed by atoms with Crippen LogP contribution in [0.1, 0.15) is 26.7 Å². The maximum atomic E-state index is 13.5. The average Bonchev–Trinajstić information content (AvgIpc) is 3.34. The number of thioether (sulfide) groups is 2. The lowest BCUT2D eigenvalue weighted by Crippen LogP contribution is -2.51. The number of amidine groups is 1. The minimum Gasteiger partial charge on any atom is -0.315 e. The summed E-state index contributed by atoms with van der Waals surface area (Å²) in [6.07, 6.45) is 1.24. The van der Waals surface area contributed by atoms with E-state index in [0.29, 0.717) is 29.6 Å². The first-order valence-electron chi connectivity index (χ1n) is 10.1. The summed E-state index contributed by atoms with van der Waals surface area (Å²) in [7, 11) is -0.616. The number of carbonyl (C=O) groups is 2. The largest absolute Gasteiger partial charge is 0.315 e. The van der Waals surface area contributed by atoms with Crippen LogP contribution < -0.4 is 0 Å². The highest BCUT2D eigenvalue weighted by Gasteiger charge is 2.54. The van der Waals surface area contributed by atoms with Crippen molar-refractivity contribution in [3.05, 3.63) is 24.3 Å². The maximum absolute atomic E-state index is 13.5. The quantitative estimate of drug-likeness (QED) is 0.654. The number of nitrogens with zero attached hydrogens (tertiary/aromatic N) is 4. The molecule has 0 radical (unpaired) electrons. The van der Waals surface area contributed by atoms with Gasteiger partial charge in [0.1, 0.15) is 6.04 Å². The molecule has 3 saturated heterocycles. The fourth-order valence-corrected chi connectivity index (χ4v) is 7.50. The van der Waals surface area contributed by atoms with Crippen molar-refractivity contribution in [2.75, 3.05) is 26.4 Å². The third kappa shape index (κ3) is 4.01. The van der Waals surface area contributed by atoms with E-state index in [2.05, 4.69) is 4.99 Å². The summed E-state index contributed by atoms with van der Waals surface area (Å²) in [6.45, 7) is 4.57. The number of hydrogen-bond donors (Lipinski definition) is 0. The SMILES string of the molecule is C[C@@H]1CN(C(=O)[C@H]2CS[C@]3(C)CCC(=O)N23)C(=Nc2cccc(S(=O)(=O)N(C)C)c2)S1. The lowest BCUT2D eigenvalue weighted by Gasteiger charge is -2.31. The van der Waals surface area contributed by atoms with Crippen LogP contribution in [0.4, 0.5) is 5.69 Å². The number of benzene rings is 1. The Kier molecular flexibility index (Phi) is 5.91. The van der Waals surface area contributed by atoms with Crippen molar-refractivity contribution in [2.24, 2.45) is 4.99 Å². The van der Waals surface area contributed by atoms with Crippen molar-refractivity contribution in [3.63, 3.8) is 0 Å². The van der Waals surface area contributed by atoms with Crippen molar-refractivity contribution in [1.82, 2.24) is 14.1 Å². The van der Waals surface area contributed by atoms with E-state index in [9.17, 15) is 18.0 Å². The number of carbonyl (C=O) groups excluding carboxylic acids is 2. The van der Waals surface area contributed by atoms with E-state index < -0.39 is 16.1 Å². The Morgan fingerprint density at radius 1 is 1.32 bits per heavy atom. The molecule has 0 aliphatic carbocycles. The standard InChI is InChI=1S/C20H26N4O4S3/c1-13-11-23(18(26)16-12-29-20(2)9-8-17(25)24(16)20)19(30-13)21-14-6-5-7-15(10-14)31(27,28)22(3)4/h5-7,10,13,16H,8-9,11-12H2,1-4H3/t13-,16-,20-/m1/s1. The second-order valence-electron chi connectivity index (χ2n) is 8.32. The molecular weight excluding hydrogens is 456 g/mol. The van der Waals surface area contributed by atoms with Crippen molar-refractivity contribution >= 4 is 56.2 Å². The van der Waals surface area contributed by atoms with Crippen LogP contribution in [0.2, 0.25) is 0 Å². The lowest BCUT2D eigenvalue weighted by atomic mass is 10.2. The minimum atomic E-state index is -3.58. The number of amides is 2. The smallest absolute Gasteiger partial charge is 0.252 e. The van der Waals surface area contributed by atoms with Gasteiger partial charge in [0.25, 0.3) is 5.91 Å². The Morgan fingerprint density at radius 3 is 2.77 bits per heavy atom. The van der Waals surface area contributed by atoms with Gasteiger partial charge in [-0.2, -0.15) is 0 Å². The molecule has 0 aromatic heterocycles. The maximum Gasteiger partial charge on any atom is 0.252 e. The van der Waals surface area contributed by atoms with E-state index in [0.717, 1.165) is 10.7 Å². The fraction of sp³-hybridized carbons (Fsp3) is 0.550. The Bertz CT molecular complexity index is 1060. The molecule has 31 heavy (non-hydrogen) atoms. The molecule has 168 valence electrons. The molecule has 0 saturated carbocycles. The minimum absolute atomic E-state index is 0.0332. The number of fused-ring (bicyclic) bond motifs is 1. The summed E-state index contributed by atoms with van der Waals surface area (Å²) in [4.78, 5) is 33.8. The van der Waals surface area contributed by atoms with E-state index in [1.165, 1.54) is 38.0 Å². The normalized spacial score (nSPS) is 30.0. The van der Waals surface area contributed by atoms with Crippen LogP contribution in [0, 0.1) is 0 Å². The molecule has 3 aliphatic rings. The summed E-state index contributed by atoms with van der Waals surface area (Å²) in [5, 5.41) is 0.702. The highest BCUT2D eigenvalue weighted by Crippen LogP contribution is 2.48. The first-order chi connectivity index (χ1) is 14.5. The molecule has 3 heterocycles. The Labute approximate surface area is 191 Å². The third-order valence-corrected chi connectivity index (χ3v) is 10.2. The molecule has 0 bridgehead atoms. The summed E-state index contributed by atoms with van der Waals surface area (Å²) in [6, 6.07) is 5.93. The van der Waals surface area contributed by atoms with Gasteiger partial charge in [-0.3, -0.25) is 14.5 Å². The van der Waals surface area contributed by atoms with E-state index in [4.69, 9.17) is 0 Å². The second kappa shape index (κ2) is 8.09. The second-order valence-corrected chi connectivity index (χ2v) is 13.4. The molecule has 3 atom stereocenters. The molecule has 0 unspecified atom stereocenters. The van der Waals surface area contributed by atoms with Crippen LogP contribution in [-0.2, 0) is 19.6 Å². The zero-order valence-electron chi connectivity index (χ0n) is 17.9. The van der Waals surface area contributed by atoms with Crippen LogP contribution in [0.15, 0.2) is 34.2 Å². The molecule has 0 N–H and O–H groups in total. The Balaban J connectivity index is 1.63. The first-order valence-corrected chi connectivity index (χ1v) is 13.4. The van der Waals surface area contributed by atoms with Crippen molar-refractivity contribution < 1.29 is 18.0 Å². The van der Waals surface area contributed by atoms with E-state index in [-0.39, 0.29) is 26.8 Å². The fourth-order valence-electron chi connectivity index (χ4n) is 4.11. The number of sulfonamides is 1. The van der Waals surface area contributed by atoms with Crippen LogP contribution >= 0.6 is 23.5 Å². The molecule has 4 rings (SSSR count). The predicted octanol–water partition coefficient (Wildman–Crippen LogP) is 2.34. The number of hydrogen-bond acceptors (Lipinski definition) is 7. The predicted molar refractivity (Wildman–Crippen MR) is 124 cm³/mol. The van der Waals surface area contributed by atoms with Gasteiger partial charge in [-0.25, -0.2) is 17.7 Å². The van der Waals surface area contributed by atoms with Crippen LogP contribution in [0.25, 0.3) is 0 Å². The van der Waals surface area contributed by atoms with Crippen LogP contribution in [0.5, 0.6) is 0 Å². The molecule has 11 heteroatoms. The Morgan fingerprint density at radius 2 is 2.06 bits per heavy atom. The van der Waals surface area contributed by atoms with Crippen molar-refractivity contribution in [3.8, 4) is 0 Å². The summed E-state index contributed by atoms with van der Waals surface area (Å²) in [5.41, 5.74) is 0.472. The van der Waals surface area contributed by atoms with Gasteiger partial charge in [-0.15, -0.1) is 11.8 Å². The van der Waals surface area contributed by atoms with E-state index >= 15 is 0 Å². The summed E-state index contributed by atoms with van der Waals surface area (Å²) in [5.74, 6) is 0.505. The molecule has 2 amide bonds. The Hall–Kier alpha value is -1.56. The number of aliphatic imine (C=N–C) groups is 1. The lowest BCUT2D eigenvalue weighted by molar-refractivity contribution is -0.141. The van der Waals surface area contributed by atoms with Gasteiger partial charge < -0.3 is 4.90 Å². The molecule has 1 aromatic carbocycles. The highest BCUT2D eigenvalue weighted by atomic mass is 32.2. The monoisotopic (exact) mass is 482 g/mol. The van der Waals surface area contributed by atoms with Gasteiger partial charge in [0.05, 0.1) is 15.5 Å².